The molecular formula is C16H22BrN3O. The number of piperidine rings is 1. The standard InChI is InChI=1S/C16H22BrN3O/c1-18-15-14(8-13(17)9-19-15)16(21)20-7-6-11-4-2-3-5-12(11)10-20/h8-9,11-12H,2-7,10H2,1H3,(H,18,19). The third kappa shape index (κ3) is 3.07. The number of rotatable bonds is 2. The van der Waals surface area contributed by atoms with Crippen molar-refractivity contribution in [1.29, 1.82) is 0 Å². The van der Waals surface area contributed by atoms with Gasteiger partial charge in [-0.1, -0.05) is 19.3 Å². The number of nitrogens with one attached hydrogen (secondary N) is 1. The molecule has 1 amide bonds. The average molecular weight is 352 g/mol. The molecule has 114 valence electrons. The van der Waals surface area contributed by atoms with E-state index in [0.29, 0.717) is 17.3 Å². The van der Waals surface area contributed by atoms with E-state index in [1.54, 1.807) is 13.2 Å². The maximum atomic E-state index is 12.8. The van der Waals surface area contributed by atoms with E-state index in [1.807, 2.05) is 11.0 Å². The molecule has 1 aliphatic carbocycles. The SMILES string of the molecule is CNc1ncc(Br)cc1C(=O)N1CCC2CCCCC2C1. The Labute approximate surface area is 134 Å². The van der Waals surface area contributed by atoms with Crippen LogP contribution in [0.5, 0.6) is 0 Å². The summed E-state index contributed by atoms with van der Waals surface area (Å²) in [7, 11) is 1.81. The van der Waals surface area contributed by atoms with Gasteiger partial charge in [0.1, 0.15) is 5.82 Å². The summed E-state index contributed by atoms with van der Waals surface area (Å²) in [5.41, 5.74) is 0.668. The van der Waals surface area contributed by atoms with Crippen LogP contribution in [0.4, 0.5) is 5.82 Å². The molecule has 2 fully saturated rings. The van der Waals surface area contributed by atoms with Gasteiger partial charge in [0.05, 0.1) is 5.56 Å². The molecule has 0 spiro atoms. The van der Waals surface area contributed by atoms with Crippen LogP contribution in [-0.4, -0.2) is 35.9 Å². The molecule has 1 saturated carbocycles. The molecule has 1 N–H and O–H groups in total. The molecule has 4 nitrogen and oxygen atoms in total. The molecule has 3 rings (SSSR count). The minimum atomic E-state index is 0.108. The van der Waals surface area contributed by atoms with Crippen LogP contribution >= 0.6 is 15.9 Å². The van der Waals surface area contributed by atoms with Crippen molar-refractivity contribution in [1.82, 2.24) is 9.88 Å². The number of fused-ring (bicyclic) bond motifs is 1. The van der Waals surface area contributed by atoms with E-state index < -0.39 is 0 Å². The summed E-state index contributed by atoms with van der Waals surface area (Å²) in [6.45, 7) is 1.80. The van der Waals surface area contributed by atoms with Crippen molar-refractivity contribution in [3.63, 3.8) is 0 Å². The van der Waals surface area contributed by atoms with Crippen molar-refractivity contribution in [3.8, 4) is 0 Å². The van der Waals surface area contributed by atoms with Crippen LogP contribution in [0, 0.1) is 11.8 Å². The predicted molar refractivity (Wildman–Crippen MR) is 87.5 cm³/mol. The highest BCUT2D eigenvalue weighted by molar-refractivity contribution is 9.10. The maximum absolute atomic E-state index is 12.8. The van der Waals surface area contributed by atoms with Crippen molar-refractivity contribution in [2.75, 3.05) is 25.5 Å². The number of hydrogen-bond acceptors (Lipinski definition) is 3. The number of amides is 1. The number of carbonyl (C=O) groups excluding carboxylic acids is 1. The Bertz CT molecular complexity index is 534. The van der Waals surface area contributed by atoms with Gasteiger partial charge in [0.25, 0.3) is 5.91 Å². The van der Waals surface area contributed by atoms with Gasteiger partial charge in [-0.2, -0.15) is 0 Å². The lowest BCUT2D eigenvalue weighted by atomic mass is 9.75. The van der Waals surface area contributed by atoms with Crippen molar-refractivity contribution >= 4 is 27.7 Å². The van der Waals surface area contributed by atoms with E-state index >= 15 is 0 Å². The van der Waals surface area contributed by atoms with E-state index in [-0.39, 0.29) is 5.91 Å². The normalized spacial score (nSPS) is 25.3. The quantitative estimate of drug-likeness (QED) is 0.886. The molecule has 2 atom stereocenters. The van der Waals surface area contributed by atoms with Gasteiger partial charge >= 0.3 is 0 Å². The number of hydrogen-bond donors (Lipinski definition) is 1. The largest absolute Gasteiger partial charge is 0.372 e. The smallest absolute Gasteiger partial charge is 0.257 e. The molecule has 1 aliphatic heterocycles. The Hall–Kier alpha value is -1.10. The third-order valence-electron chi connectivity index (χ3n) is 4.90. The number of pyridine rings is 1. The van der Waals surface area contributed by atoms with E-state index in [4.69, 9.17) is 0 Å². The number of aromatic nitrogens is 1. The monoisotopic (exact) mass is 351 g/mol. The highest BCUT2D eigenvalue weighted by Crippen LogP contribution is 2.36. The molecule has 0 radical (unpaired) electrons. The molecular weight excluding hydrogens is 330 g/mol. The van der Waals surface area contributed by atoms with E-state index in [0.717, 1.165) is 29.9 Å². The fraction of sp³-hybridized carbons (Fsp3) is 0.625. The summed E-state index contributed by atoms with van der Waals surface area (Å²) >= 11 is 3.41. The summed E-state index contributed by atoms with van der Waals surface area (Å²) in [6, 6.07) is 1.87. The van der Waals surface area contributed by atoms with Crippen LogP contribution in [0.3, 0.4) is 0 Å². The van der Waals surface area contributed by atoms with Crippen LogP contribution in [-0.2, 0) is 0 Å². The fourth-order valence-corrected chi connectivity index (χ4v) is 4.09. The number of halogens is 1. The Morgan fingerprint density at radius 2 is 2.10 bits per heavy atom. The highest BCUT2D eigenvalue weighted by Gasteiger charge is 2.33. The molecule has 2 heterocycles. The molecule has 2 unspecified atom stereocenters. The first kappa shape index (κ1) is 14.8. The van der Waals surface area contributed by atoms with Crippen LogP contribution in [0.2, 0.25) is 0 Å². The van der Waals surface area contributed by atoms with Gasteiger partial charge < -0.3 is 10.2 Å². The minimum Gasteiger partial charge on any atom is -0.372 e. The Morgan fingerprint density at radius 1 is 1.33 bits per heavy atom. The second kappa shape index (κ2) is 6.34. The minimum absolute atomic E-state index is 0.108. The van der Waals surface area contributed by atoms with Crippen molar-refractivity contribution in [2.45, 2.75) is 32.1 Å². The first-order valence-electron chi connectivity index (χ1n) is 7.81. The van der Waals surface area contributed by atoms with Gasteiger partial charge in [0.2, 0.25) is 0 Å². The van der Waals surface area contributed by atoms with Gasteiger partial charge in [-0.3, -0.25) is 4.79 Å². The number of carbonyl (C=O) groups is 1. The van der Waals surface area contributed by atoms with Crippen LogP contribution in [0.15, 0.2) is 16.7 Å². The molecule has 21 heavy (non-hydrogen) atoms. The zero-order valence-corrected chi connectivity index (χ0v) is 14.0. The topological polar surface area (TPSA) is 45.2 Å². The molecule has 5 heteroatoms. The highest BCUT2D eigenvalue weighted by atomic mass is 79.9. The fourth-order valence-electron chi connectivity index (χ4n) is 3.76. The molecule has 2 aliphatic rings. The first-order valence-corrected chi connectivity index (χ1v) is 8.61. The van der Waals surface area contributed by atoms with Crippen molar-refractivity contribution in [3.05, 3.63) is 22.3 Å². The van der Waals surface area contributed by atoms with Gasteiger partial charge in [-0.25, -0.2) is 4.98 Å². The maximum Gasteiger partial charge on any atom is 0.257 e. The lowest BCUT2D eigenvalue weighted by Crippen LogP contribution is -2.45. The Morgan fingerprint density at radius 3 is 2.86 bits per heavy atom. The summed E-state index contributed by atoms with van der Waals surface area (Å²) in [5.74, 6) is 2.31. The summed E-state index contributed by atoms with van der Waals surface area (Å²) in [4.78, 5) is 19.1. The van der Waals surface area contributed by atoms with Crippen LogP contribution in [0.25, 0.3) is 0 Å². The number of anilines is 1. The molecule has 1 saturated heterocycles. The second-order valence-electron chi connectivity index (χ2n) is 6.14. The molecule has 1 aromatic heterocycles. The summed E-state index contributed by atoms with van der Waals surface area (Å²) in [5, 5.41) is 3.02. The Balaban J connectivity index is 1.77. The van der Waals surface area contributed by atoms with Gasteiger partial charge in [0, 0.05) is 30.8 Å². The third-order valence-corrected chi connectivity index (χ3v) is 5.33. The van der Waals surface area contributed by atoms with E-state index in [2.05, 4.69) is 26.2 Å². The van der Waals surface area contributed by atoms with Crippen molar-refractivity contribution in [2.24, 2.45) is 11.8 Å². The van der Waals surface area contributed by atoms with Crippen LogP contribution < -0.4 is 5.32 Å². The lowest BCUT2D eigenvalue weighted by molar-refractivity contribution is 0.0521. The summed E-state index contributed by atoms with van der Waals surface area (Å²) in [6.07, 6.45) is 8.21. The zero-order chi connectivity index (χ0) is 14.8. The average Bonchev–Trinajstić information content (AvgIpc) is 2.53. The first-order chi connectivity index (χ1) is 10.2. The predicted octanol–water partition coefficient (Wildman–Crippen LogP) is 3.54. The number of nitrogens with zero attached hydrogens (tertiary/aromatic N) is 2. The van der Waals surface area contributed by atoms with Gasteiger partial charge in [-0.15, -0.1) is 0 Å². The Kier molecular flexibility index (Phi) is 4.48. The van der Waals surface area contributed by atoms with E-state index in [9.17, 15) is 4.79 Å². The van der Waals surface area contributed by atoms with Gasteiger partial charge in [-0.05, 0) is 46.7 Å². The second-order valence-corrected chi connectivity index (χ2v) is 7.06. The molecule has 1 aromatic rings. The van der Waals surface area contributed by atoms with E-state index in [1.165, 1.54) is 25.7 Å². The van der Waals surface area contributed by atoms with Crippen LogP contribution in [0.1, 0.15) is 42.5 Å². The van der Waals surface area contributed by atoms with Gasteiger partial charge in [0.15, 0.2) is 0 Å². The molecule has 0 bridgehead atoms. The lowest BCUT2D eigenvalue weighted by Gasteiger charge is -2.41. The number of likely N-dealkylation sites (tertiary alicyclic amines) is 1. The zero-order valence-electron chi connectivity index (χ0n) is 12.4. The summed E-state index contributed by atoms with van der Waals surface area (Å²) < 4.78 is 0.845. The van der Waals surface area contributed by atoms with Crippen molar-refractivity contribution < 1.29 is 4.79 Å². The molecule has 0 aromatic carbocycles.